The summed E-state index contributed by atoms with van der Waals surface area (Å²) in [5.74, 6) is 0.784. The lowest BCUT2D eigenvalue weighted by atomic mass is 9.80. The smallest absolute Gasteiger partial charge is 0.123 e. The fraction of sp³-hybridized carbons (Fsp3) is 0.333. The maximum Gasteiger partial charge on any atom is 0.123 e. The van der Waals surface area contributed by atoms with Crippen LogP contribution in [0.1, 0.15) is 41.5 Å². The van der Waals surface area contributed by atoms with Gasteiger partial charge in [-0.05, 0) is 66.3 Å². The second-order valence-electron chi connectivity index (χ2n) is 6.08. The molecule has 3 atom stereocenters. The molecule has 0 saturated carbocycles. The summed E-state index contributed by atoms with van der Waals surface area (Å²) in [5.41, 5.74) is 3.44. The zero-order chi connectivity index (χ0) is 14.4. The topological polar surface area (TPSA) is 32.3 Å². The van der Waals surface area contributed by atoms with Crippen molar-refractivity contribution < 1.29 is 9.50 Å². The van der Waals surface area contributed by atoms with Crippen LogP contribution in [0, 0.1) is 11.7 Å². The van der Waals surface area contributed by atoms with E-state index >= 15 is 0 Å². The number of hydrogen-bond donors (Lipinski definition) is 2. The third-order valence-corrected chi connectivity index (χ3v) is 4.88. The molecule has 2 aliphatic rings. The molecule has 0 radical (unpaired) electrons. The van der Waals surface area contributed by atoms with Crippen molar-refractivity contribution in [1.29, 1.82) is 0 Å². The molecule has 108 valence electrons. The zero-order valence-electron chi connectivity index (χ0n) is 11.7. The first-order valence-electron chi connectivity index (χ1n) is 7.56. The zero-order valence-corrected chi connectivity index (χ0v) is 11.7. The molecule has 0 amide bonds. The van der Waals surface area contributed by atoms with Crippen LogP contribution in [-0.4, -0.2) is 11.7 Å². The predicted octanol–water partition coefficient (Wildman–Crippen LogP) is 3.72. The minimum Gasteiger partial charge on any atom is -0.508 e. The Hall–Kier alpha value is -1.87. The molecule has 1 heterocycles. The van der Waals surface area contributed by atoms with E-state index in [0.29, 0.717) is 11.7 Å². The third kappa shape index (κ3) is 2.04. The summed E-state index contributed by atoms with van der Waals surface area (Å²) >= 11 is 0. The van der Waals surface area contributed by atoms with Crippen molar-refractivity contribution in [3.63, 3.8) is 0 Å². The van der Waals surface area contributed by atoms with Crippen molar-refractivity contribution in [2.45, 2.75) is 24.8 Å². The average molecular weight is 283 g/mol. The number of fused-ring (bicyclic) bond motifs is 3. The highest BCUT2D eigenvalue weighted by atomic mass is 19.1. The highest BCUT2D eigenvalue weighted by Gasteiger charge is 2.42. The van der Waals surface area contributed by atoms with Gasteiger partial charge >= 0.3 is 0 Å². The molecule has 3 heteroatoms. The Kier molecular flexibility index (Phi) is 2.96. The lowest BCUT2D eigenvalue weighted by Gasteiger charge is -2.31. The SMILES string of the molecule is Oc1ccc2c(c1)C1NCCCC1C2c1cccc(F)c1. The van der Waals surface area contributed by atoms with Gasteiger partial charge < -0.3 is 10.4 Å². The molecule has 2 nitrogen and oxygen atoms in total. The van der Waals surface area contributed by atoms with Crippen LogP contribution in [0.25, 0.3) is 0 Å². The summed E-state index contributed by atoms with van der Waals surface area (Å²) in [6, 6.07) is 12.8. The van der Waals surface area contributed by atoms with Crippen molar-refractivity contribution >= 4 is 0 Å². The normalized spacial score (nSPS) is 27.2. The van der Waals surface area contributed by atoms with Gasteiger partial charge in [0.2, 0.25) is 0 Å². The average Bonchev–Trinajstić information content (AvgIpc) is 2.81. The first-order chi connectivity index (χ1) is 10.2. The van der Waals surface area contributed by atoms with Crippen LogP contribution in [0.15, 0.2) is 42.5 Å². The second-order valence-corrected chi connectivity index (χ2v) is 6.08. The number of nitrogens with one attached hydrogen (secondary N) is 1. The van der Waals surface area contributed by atoms with Crippen LogP contribution in [0.3, 0.4) is 0 Å². The van der Waals surface area contributed by atoms with Gasteiger partial charge in [-0.15, -0.1) is 0 Å². The first-order valence-corrected chi connectivity index (χ1v) is 7.56. The Morgan fingerprint density at radius 2 is 2.00 bits per heavy atom. The van der Waals surface area contributed by atoms with Gasteiger partial charge in [-0.1, -0.05) is 18.2 Å². The molecule has 2 N–H and O–H groups in total. The molecule has 4 rings (SSSR count). The lowest BCUT2D eigenvalue weighted by molar-refractivity contribution is 0.286. The molecule has 1 aliphatic heterocycles. The molecule has 1 aliphatic carbocycles. The molecule has 0 bridgehead atoms. The molecule has 1 saturated heterocycles. The van der Waals surface area contributed by atoms with E-state index in [2.05, 4.69) is 5.32 Å². The number of piperidine rings is 1. The van der Waals surface area contributed by atoms with Crippen molar-refractivity contribution in [2.75, 3.05) is 6.54 Å². The van der Waals surface area contributed by atoms with E-state index in [0.717, 1.165) is 24.9 Å². The Labute approximate surface area is 123 Å². The van der Waals surface area contributed by atoms with Gasteiger partial charge in [-0.2, -0.15) is 0 Å². The van der Waals surface area contributed by atoms with Gasteiger partial charge in [-0.3, -0.25) is 0 Å². The predicted molar refractivity (Wildman–Crippen MR) is 79.8 cm³/mol. The Morgan fingerprint density at radius 3 is 2.86 bits per heavy atom. The monoisotopic (exact) mass is 283 g/mol. The fourth-order valence-electron chi connectivity index (χ4n) is 4.09. The minimum atomic E-state index is -0.181. The number of phenols is 1. The van der Waals surface area contributed by atoms with Gasteiger partial charge in [0.25, 0.3) is 0 Å². The minimum absolute atomic E-state index is 0.181. The van der Waals surface area contributed by atoms with E-state index in [1.165, 1.54) is 17.2 Å². The van der Waals surface area contributed by atoms with Gasteiger partial charge in [0.15, 0.2) is 0 Å². The van der Waals surface area contributed by atoms with Crippen LogP contribution in [-0.2, 0) is 0 Å². The highest BCUT2D eigenvalue weighted by Crippen LogP contribution is 2.52. The Bertz CT molecular complexity index is 685. The summed E-state index contributed by atoms with van der Waals surface area (Å²) in [7, 11) is 0. The highest BCUT2D eigenvalue weighted by molar-refractivity contribution is 5.49. The number of hydrogen-bond acceptors (Lipinski definition) is 2. The number of aromatic hydroxyl groups is 1. The summed E-state index contributed by atoms with van der Waals surface area (Å²) < 4.78 is 13.6. The van der Waals surface area contributed by atoms with Crippen molar-refractivity contribution in [1.82, 2.24) is 5.32 Å². The van der Waals surface area contributed by atoms with E-state index in [9.17, 15) is 9.50 Å². The third-order valence-electron chi connectivity index (χ3n) is 4.88. The van der Waals surface area contributed by atoms with Crippen LogP contribution >= 0.6 is 0 Å². The molecular formula is C18H18FNO. The van der Waals surface area contributed by atoms with Gasteiger partial charge in [0, 0.05) is 12.0 Å². The van der Waals surface area contributed by atoms with E-state index in [-0.39, 0.29) is 17.8 Å². The van der Waals surface area contributed by atoms with Crippen molar-refractivity contribution in [3.05, 3.63) is 65.0 Å². The summed E-state index contributed by atoms with van der Waals surface area (Å²) in [4.78, 5) is 0. The maximum absolute atomic E-state index is 13.6. The second kappa shape index (κ2) is 4.85. The van der Waals surface area contributed by atoms with Crippen molar-refractivity contribution in [2.24, 2.45) is 5.92 Å². The van der Waals surface area contributed by atoms with Crippen LogP contribution in [0.5, 0.6) is 5.75 Å². The number of phenolic OH excluding ortho intramolecular Hbond substituents is 1. The van der Waals surface area contributed by atoms with Gasteiger partial charge in [0.05, 0.1) is 0 Å². The van der Waals surface area contributed by atoms with Crippen LogP contribution in [0.4, 0.5) is 4.39 Å². The van der Waals surface area contributed by atoms with E-state index < -0.39 is 0 Å². The molecule has 21 heavy (non-hydrogen) atoms. The fourth-order valence-corrected chi connectivity index (χ4v) is 4.09. The Morgan fingerprint density at radius 1 is 1.10 bits per heavy atom. The largest absolute Gasteiger partial charge is 0.508 e. The molecule has 3 unspecified atom stereocenters. The molecule has 1 fully saturated rings. The number of halogens is 1. The van der Waals surface area contributed by atoms with Gasteiger partial charge in [-0.25, -0.2) is 4.39 Å². The summed E-state index contributed by atoms with van der Waals surface area (Å²) in [6.07, 6.45) is 2.28. The standard InChI is InChI=1S/C18H18FNO/c19-12-4-1-3-11(9-12)17-14-7-6-13(21)10-16(14)18-15(17)5-2-8-20-18/h1,3-4,6-7,9-10,15,17-18,20-21H,2,5,8H2. The van der Waals surface area contributed by atoms with E-state index in [4.69, 9.17) is 0 Å². The van der Waals surface area contributed by atoms with Crippen LogP contribution in [0.2, 0.25) is 0 Å². The quantitative estimate of drug-likeness (QED) is 0.836. The molecule has 2 aromatic carbocycles. The molecule has 2 aromatic rings. The first kappa shape index (κ1) is 12.8. The number of rotatable bonds is 1. The van der Waals surface area contributed by atoms with E-state index in [1.807, 2.05) is 18.2 Å². The molecule has 0 spiro atoms. The van der Waals surface area contributed by atoms with Crippen LogP contribution < -0.4 is 5.32 Å². The van der Waals surface area contributed by atoms with E-state index in [1.54, 1.807) is 18.2 Å². The molecular weight excluding hydrogens is 265 g/mol. The Balaban J connectivity index is 1.86. The summed E-state index contributed by atoms with van der Waals surface area (Å²) in [5, 5.41) is 13.4. The molecule has 0 aromatic heterocycles. The summed E-state index contributed by atoms with van der Waals surface area (Å²) in [6.45, 7) is 1.01. The van der Waals surface area contributed by atoms with Gasteiger partial charge in [0.1, 0.15) is 11.6 Å². The lowest BCUT2D eigenvalue weighted by Crippen LogP contribution is -2.32. The number of benzene rings is 2. The van der Waals surface area contributed by atoms with Crippen molar-refractivity contribution in [3.8, 4) is 5.75 Å². The maximum atomic E-state index is 13.6.